The molecule has 0 saturated carbocycles. The van der Waals surface area contributed by atoms with Crippen molar-refractivity contribution < 1.29 is 28.0 Å². The summed E-state index contributed by atoms with van der Waals surface area (Å²) in [5.41, 5.74) is 3.08. The molecule has 12 heteroatoms. The average molecular weight is 548 g/mol. The number of amides is 2. The number of carbonyl (C=O) groups excluding carboxylic acids is 2. The molecule has 3 aliphatic heterocycles. The second-order valence-electron chi connectivity index (χ2n) is 10.7. The van der Waals surface area contributed by atoms with Gasteiger partial charge in [0.2, 0.25) is 10.0 Å². The minimum atomic E-state index is -3.81. The average Bonchev–Trinajstić information content (AvgIpc) is 3.45. The minimum absolute atomic E-state index is 0.107. The Bertz CT molecular complexity index is 1160. The molecule has 3 saturated heterocycles. The van der Waals surface area contributed by atoms with Crippen LogP contribution in [0.5, 0.6) is 0 Å². The van der Waals surface area contributed by atoms with Gasteiger partial charge < -0.3 is 15.0 Å². The lowest BCUT2D eigenvalue weighted by molar-refractivity contribution is -0.141. The highest BCUT2D eigenvalue weighted by Crippen LogP contribution is 2.37. The highest BCUT2D eigenvalue weighted by atomic mass is 32.2. The van der Waals surface area contributed by atoms with Gasteiger partial charge in [0.05, 0.1) is 22.8 Å². The standard InChI is InChI=1S/C26H37N5O6S/c1-19-15-20(16-27)4-5-23(19)21-6-11-31(12-7-21)38(35,36)18-26(24(32)29-34)8-13-30(14-9-26)25(33)37-17-22-3-2-10-28-22/h4-5,15,21-22,28,34H,2-3,6-14,17-18H2,1H3,(H,29,32). The lowest BCUT2D eigenvalue weighted by Gasteiger charge is -2.41. The molecule has 11 nitrogen and oxygen atoms in total. The molecule has 38 heavy (non-hydrogen) atoms. The zero-order valence-corrected chi connectivity index (χ0v) is 22.6. The summed E-state index contributed by atoms with van der Waals surface area (Å²) >= 11 is 0. The molecule has 1 atom stereocenters. The van der Waals surface area contributed by atoms with Gasteiger partial charge in [-0.05, 0) is 81.2 Å². The molecule has 1 aromatic carbocycles. The number of rotatable bonds is 7. The Morgan fingerprint density at radius 3 is 2.50 bits per heavy atom. The van der Waals surface area contributed by atoms with E-state index in [4.69, 9.17) is 10.00 Å². The number of hydrogen-bond donors (Lipinski definition) is 3. The molecular formula is C26H37N5O6S. The predicted molar refractivity (Wildman–Crippen MR) is 139 cm³/mol. The zero-order valence-electron chi connectivity index (χ0n) is 21.8. The van der Waals surface area contributed by atoms with E-state index < -0.39 is 33.2 Å². The van der Waals surface area contributed by atoms with Crippen molar-refractivity contribution in [3.05, 3.63) is 34.9 Å². The molecule has 4 rings (SSSR count). The number of carbonyl (C=O) groups is 2. The summed E-state index contributed by atoms with van der Waals surface area (Å²) in [7, 11) is -3.81. The number of piperidine rings is 2. The van der Waals surface area contributed by atoms with Gasteiger partial charge >= 0.3 is 6.09 Å². The first-order chi connectivity index (χ1) is 18.2. The van der Waals surface area contributed by atoms with E-state index in [1.54, 1.807) is 11.5 Å². The summed E-state index contributed by atoms with van der Waals surface area (Å²) in [5, 5.41) is 21.8. The van der Waals surface area contributed by atoms with E-state index in [0.717, 1.165) is 30.5 Å². The molecule has 3 fully saturated rings. The number of nitrogens with one attached hydrogen (secondary N) is 2. The Labute approximate surface area is 224 Å². The monoisotopic (exact) mass is 547 g/mol. The van der Waals surface area contributed by atoms with Crippen LogP contribution < -0.4 is 10.8 Å². The highest BCUT2D eigenvalue weighted by Gasteiger charge is 2.47. The third-order valence-corrected chi connectivity index (χ3v) is 10.3. The van der Waals surface area contributed by atoms with Crippen LogP contribution in [0.15, 0.2) is 18.2 Å². The van der Waals surface area contributed by atoms with E-state index >= 15 is 0 Å². The van der Waals surface area contributed by atoms with E-state index in [9.17, 15) is 23.2 Å². The number of ether oxygens (including phenoxy) is 1. The molecule has 208 valence electrons. The molecule has 0 bridgehead atoms. The minimum Gasteiger partial charge on any atom is -0.448 e. The summed E-state index contributed by atoms with van der Waals surface area (Å²) in [4.78, 5) is 26.8. The van der Waals surface area contributed by atoms with Crippen LogP contribution in [0, 0.1) is 23.7 Å². The van der Waals surface area contributed by atoms with Crippen molar-refractivity contribution in [3.63, 3.8) is 0 Å². The molecule has 0 aliphatic carbocycles. The van der Waals surface area contributed by atoms with Crippen molar-refractivity contribution in [2.24, 2.45) is 5.41 Å². The van der Waals surface area contributed by atoms with Crippen LogP contribution in [-0.2, 0) is 19.6 Å². The van der Waals surface area contributed by atoms with Gasteiger partial charge in [-0.25, -0.2) is 23.0 Å². The van der Waals surface area contributed by atoms with Gasteiger partial charge in [-0.1, -0.05) is 6.07 Å². The van der Waals surface area contributed by atoms with Crippen LogP contribution >= 0.6 is 0 Å². The van der Waals surface area contributed by atoms with Crippen molar-refractivity contribution in [1.82, 2.24) is 20.0 Å². The molecule has 0 radical (unpaired) electrons. The maximum absolute atomic E-state index is 13.5. The van der Waals surface area contributed by atoms with Crippen molar-refractivity contribution >= 4 is 22.0 Å². The third-order valence-electron chi connectivity index (χ3n) is 8.28. The Morgan fingerprint density at radius 1 is 1.21 bits per heavy atom. The molecular weight excluding hydrogens is 510 g/mol. The maximum atomic E-state index is 13.5. The quantitative estimate of drug-likeness (QED) is 0.346. The lowest BCUT2D eigenvalue weighted by atomic mass is 9.79. The van der Waals surface area contributed by atoms with Gasteiger partial charge in [-0.15, -0.1) is 0 Å². The number of benzene rings is 1. The Balaban J connectivity index is 1.35. The van der Waals surface area contributed by atoms with Crippen LogP contribution in [0.1, 0.15) is 61.1 Å². The van der Waals surface area contributed by atoms with Crippen LogP contribution in [0.25, 0.3) is 0 Å². The summed E-state index contributed by atoms with van der Waals surface area (Å²) in [6, 6.07) is 7.88. The molecule has 0 spiro atoms. The molecule has 3 heterocycles. The smallest absolute Gasteiger partial charge is 0.409 e. The van der Waals surface area contributed by atoms with Crippen LogP contribution in [0.4, 0.5) is 4.79 Å². The van der Waals surface area contributed by atoms with Gasteiger partial charge in [0.25, 0.3) is 5.91 Å². The summed E-state index contributed by atoms with van der Waals surface area (Å²) in [6.45, 7) is 4.15. The molecule has 0 aromatic heterocycles. The van der Waals surface area contributed by atoms with Gasteiger partial charge in [-0.3, -0.25) is 10.0 Å². The summed E-state index contributed by atoms with van der Waals surface area (Å²) in [6.07, 6.45) is 3.02. The van der Waals surface area contributed by atoms with Gasteiger partial charge in [0.1, 0.15) is 6.61 Å². The number of aryl methyl sites for hydroxylation is 1. The van der Waals surface area contributed by atoms with Gasteiger partial charge in [-0.2, -0.15) is 5.26 Å². The summed E-state index contributed by atoms with van der Waals surface area (Å²) < 4.78 is 33.8. The van der Waals surface area contributed by atoms with E-state index in [-0.39, 0.29) is 44.5 Å². The lowest BCUT2D eigenvalue weighted by Crippen LogP contribution is -2.54. The van der Waals surface area contributed by atoms with Crippen molar-refractivity contribution in [1.29, 1.82) is 5.26 Å². The molecule has 3 aliphatic rings. The number of nitriles is 1. The number of hydroxylamine groups is 1. The Hall–Kier alpha value is -2.72. The second-order valence-corrected chi connectivity index (χ2v) is 12.7. The van der Waals surface area contributed by atoms with Crippen LogP contribution in [0.2, 0.25) is 0 Å². The number of likely N-dealkylation sites (tertiary alicyclic amines) is 1. The highest BCUT2D eigenvalue weighted by molar-refractivity contribution is 7.89. The Kier molecular flexibility index (Phi) is 8.92. The summed E-state index contributed by atoms with van der Waals surface area (Å²) in [5.74, 6) is -0.980. The van der Waals surface area contributed by atoms with Crippen molar-refractivity contribution in [3.8, 4) is 6.07 Å². The molecule has 1 aromatic rings. The topological polar surface area (TPSA) is 152 Å². The number of nitrogens with zero attached hydrogens (tertiary/aromatic N) is 3. The normalized spacial score (nSPS) is 22.6. The van der Waals surface area contributed by atoms with Crippen molar-refractivity contribution in [2.75, 3.05) is 45.1 Å². The SMILES string of the molecule is Cc1cc(C#N)ccc1C1CCN(S(=O)(=O)CC2(C(=O)NO)CCN(C(=O)OCC3CCCN3)CC2)CC1. The van der Waals surface area contributed by atoms with Crippen molar-refractivity contribution in [2.45, 2.75) is 57.4 Å². The molecule has 2 amide bonds. The zero-order chi connectivity index (χ0) is 27.3. The Morgan fingerprint density at radius 2 is 1.92 bits per heavy atom. The van der Waals surface area contributed by atoms with Gasteiger partial charge in [0, 0.05) is 32.2 Å². The van der Waals surface area contributed by atoms with Crippen LogP contribution in [-0.4, -0.2) is 86.0 Å². The third kappa shape index (κ3) is 6.29. The van der Waals surface area contributed by atoms with E-state index in [1.807, 2.05) is 19.1 Å². The second kappa shape index (κ2) is 12.0. The maximum Gasteiger partial charge on any atom is 0.409 e. The van der Waals surface area contributed by atoms with E-state index in [2.05, 4.69) is 11.4 Å². The number of sulfonamides is 1. The first-order valence-corrected chi connectivity index (χ1v) is 14.9. The molecule has 1 unspecified atom stereocenters. The first kappa shape index (κ1) is 28.3. The predicted octanol–water partition coefficient (Wildman–Crippen LogP) is 1.85. The van der Waals surface area contributed by atoms with E-state index in [1.165, 1.54) is 9.21 Å². The fraction of sp³-hybridized carbons (Fsp3) is 0.654. The largest absolute Gasteiger partial charge is 0.448 e. The first-order valence-electron chi connectivity index (χ1n) is 13.3. The fourth-order valence-corrected chi connectivity index (χ4v) is 7.99. The fourth-order valence-electron chi connectivity index (χ4n) is 5.92. The number of hydrogen-bond acceptors (Lipinski definition) is 8. The van der Waals surface area contributed by atoms with E-state index in [0.29, 0.717) is 31.5 Å². The van der Waals surface area contributed by atoms with Gasteiger partial charge in [0.15, 0.2) is 0 Å². The van der Waals surface area contributed by atoms with Crippen LogP contribution in [0.3, 0.4) is 0 Å². The molecule has 3 N–H and O–H groups in total.